The summed E-state index contributed by atoms with van der Waals surface area (Å²) in [6, 6.07) is 0.484. The smallest absolute Gasteiger partial charge is 0.244 e. The van der Waals surface area contributed by atoms with Gasteiger partial charge in [0, 0.05) is 6.04 Å². The third-order valence-corrected chi connectivity index (χ3v) is 5.00. The van der Waals surface area contributed by atoms with Gasteiger partial charge in [-0.3, -0.25) is 10.1 Å². The van der Waals surface area contributed by atoms with Crippen LogP contribution in [0.2, 0.25) is 0 Å². The third-order valence-electron chi connectivity index (χ3n) is 5.00. The molecule has 2 saturated carbocycles. The van der Waals surface area contributed by atoms with Crippen molar-refractivity contribution in [3.63, 3.8) is 0 Å². The Morgan fingerprint density at radius 2 is 1.76 bits per heavy atom. The number of nitrogens with one attached hydrogen (secondary N) is 1. The maximum Gasteiger partial charge on any atom is 0.244 e. The highest BCUT2D eigenvalue weighted by molar-refractivity contribution is 5.92. The fourth-order valence-electron chi connectivity index (χ4n) is 3.58. The number of carbonyl (C=O) groups is 1. The summed E-state index contributed by atoms with van der Waals surface area (Å²) in [5.74, 6) is 0.384. The molecular formula is C14H24N2O. The number of rotatable bonds is 1. The van der Waals surface area contributed by atoms with Crippen LogP contribution in [0.4, 0.5) is 0 Å². The second-order valence-electron chi connectivity index (χ2n) is 7.01. The van der Waals surface area contributed by atoms with Crippen LogP contribution >= 0.6 is 0 Å². The molecule has 0 aromatic heterocycles. The lowest BCUT2D eigenvalue weighted by molar-refractivity contribution is -0.133. The first-order valence-electron chi connectivity index (χ1n) is 7.04. The molecule has 3 fully saturated rings. The van der Waals surface area contributed by atoms with Crippen molar-refractivity contribution in [2.75, 3.05) is 0 Å². The average molecular weight is 236 g/mol. The van der Waals surface area contributed by atoms with Crippen LogP contribution in [0, 0.1) is 5.41 Å². The van der Waals surface area contributed by atoms with Gasteiger partial charge in [-0.15, -0.1) is 0 Å². The molecule has 3 nitrogen and oxygen atoms in total. The van der Waals surface area contributed by atoms with E-state index in [9.17, 15) is 4.79 Å². The van der Waals surface area contributed by atoms with Crippen LogP contribution in [0.25, 0.3) is 0 Å². The van der Waals surface area contributed by atoms with Crippen molar-refractivity contribution in [3.05, 3.63) is 0 Å². The van der Waals surface area contributed by atoms with Crippen LogP contribution in [0.1, 0.15) is 59.3 Å². The number of nitrogens with zero attached hydrogens (tertiary/aromatic N) is 1. The van der Waals surface area contributed by atoms with Gasteiger partial charge in [-0.05, 0) is 50.9 Å². The van der Waals surface area contributed by atoms with E-state index in [0.717, 1.165) is 12.8 Å². The van der Waals surface area contributed by atoms with Crippen LogP contribution in [-0.4, -0.2) is 28.6 Å². The molecule has 0 radical (unpaired) electrons. The molecule has 0 aromatic rings. The monoisotopic (exact) mass is 236 g/mol. The zero-order chi connectivity index (χ0) is 12.3. The standard InChI is InChI=1S/C14H24N2O/c1-10-15-14(8-9-14)12(17)16(10)11-4-6-13(2,3)7-5-11/h10-11,15H,4-9H2,1-3H3. The van der Waals surface area contributed by atoms with Crippen molar-refractivity contribution < 1.29 is 4.79 Å². The molecule has 3 heteroatoms. The van der Waals surface area contributed by atoms with Gasteiger partial charge >= 0.3 is 0 Å². The molecule has 17 heavy (non-hydrogen) atoms. The van der Waals surface area contributed by atoms with Gasteiger partial charge in [0.15, 0.2) is 0 Å². The molecular weight excluding hydrogens is 212 g/mol. The minimum atomic E-state index is -0.133. The minimum absolute atomic E-state index is 0.133. The summed E-state index contributed by atoms with van der Waals surface area (Å²) >= 11 is 0. The molecule has 2 aliphatic carbocycles. The SMILES string of the molecule is CC1NC2(CC2)C(=O)N1C1CCC(C)(C)CC1. The number of amides is 1. The number of hydrogen-bond acceptors (Lipinski definition) is 2. The number of hydrogen-bond donors (Lipinski definition) is 1. The summed E-state index contributed by atoms with van der Waals surface area (Å²) in [5, 5.41) is 3.50. The summed E-state index contributed by atoms with van der Waals surface area (Å²) < 4.78 is 0. The summed E-state index contributed by atoms with van der Waals surface area (Å²) in [6.45, 7) is 6.84. The fourth-order valence-corrected chi connectivity index (χ4v) is 3.58. The quantitative estimate of drug-likeness (QED) is 0.757. The van der Waals surface area contributed by atoms with Gasteiger partial charge in [0.25, 0.3) is 0 Å². The van der Waals surface area contributed by atoms with E-state index in [2.05, 4.69) is 31.0 Å². The Kier molecular flexibility index (Phi) is 2.35. The van der Waals surface area contributed by atoms with Crippen LogP contribution in [0.15, 0.2) is 0 Å². The molecule has 96 valence electrons. The normalized spacial score (nSPS) is 35.6. The lowest BCUT2D eigenvalue weighted by atomic mass is 9.75. The molecule has 3 rings (SSSR count). The van der Waals surface area contributed by atoms with E-state index in [1.165, 1.54) is 25.7 Å². The molecule has 1 saturated heterocycles. The van der Waals surface area contributed by atoms with Crippen molar-refractivity contribution in [2.24, 2.45) is 5.41 Å². The molecule has 1 amide bonds. The van der Waals surface area contributed by atoms with Gasteiger partial charge in [-0.25, -0.2) is 0 Å². The zero-order valence-electron chi connectivity index (χ0n) is 11.3. The highest BCUT2D eigenvalue weighted by Crippen LogP contribution is 2.45. The Morgan fingerprint density at radius 3 is 2.24 bits per heavy atom. The van der Waals surface area contributed by atoms with Gasteiger partial charge in [-0.1, -0.05) is 13.8 Å². The predicted molar refractivity (Wildman–Crippen MR) is 67.4 cm³/mol. The lowest BCUT2D eigenvalue weighted by Crippen LogP contribution is -2.45. The minimum Gasteiger partial charge on any atom is -0.323 e. The van der Waals surface area contributed by atoms with E-state index in [4.69, 9.17) is 0 Å². The Bertz CT molecular complexity index is 336. The Balaban J connectivity index is 1.71. The summed E-state index contributed by atoms with van der Waals surface area (Å²) in [6.07, 6.45) is 7.20. The van der Waals surface area contributed by atoms with Gasteiger partial charge in [0.2, 0.25) is 5.91 Å². The van der Waals surface area contributed by atoms with Crippen molar-refractivity contribution in [3.8, 4) is 0 Å². The fraction of sp³-hybridized carbons (Fsp3) is 0.929. The molecule has 1 N–H and O–H groups in total. The summed E-state index contributed by atoms with van der Waals surface area (Å²) in [4.78, 5) is 14.6. The first-order chi connectivity index (χ1) is 7.94. The Morgan fingerprint density at radius 1 is 1.18 bits per heavy atom. The van der Waals surface area contributed by atoms with Crippen LogP contribution in [-0.2, 0) is 4.79 Å². The molecule has 3 aliphatic rings. The first-order valence-corrected chi connectivity index (χ1v) is 7.04. The maximum atomic E-state index is 12.4. The first kappa shape index (κ1) is 11.5. The largest absolute Gasteiger partial charge is 0.323 e. The molecule has 1 aliphatic heterocycles. The Hall–Kier alpha value is -0.570. The van der Waals surface area contributed by atoms with Crippen molar-refractivity contribution in [2.45, 2.75) is 77.0 Å². The highest BCUT2D eigenvalue weighted by Gasteiger charge is 2.59. The molecule has 1 atom stereocenters. The van der Waals surface area contributed by atoms with E-state index in [1.54, 1.807) is 0 Å². The highest BCUT2D eigenvalue weighted by atomic mass is 16.2. The zero-order valence-corrected chi connectivity index (χ0v) is 11.3. The van der Waals surface area contributed by atoms with Crippen LogP contribution in [0.3, 0.4) is 0 Å². The molecule has 1 heterocycles. The van der Waals surface area contributed by atoms with E-state index >= 15 is 0 Å². The van der Waals surface area contributed by atoms with Crippen LogP contribution in [0.5, 0.6) is 0 Å². The molecule has 0 bridgehead atoms. The topological polar surface area (TPSA) is 32.3 Å². The second-order valence-corrected chi connectivity index (χ2v) is 7.01. The summed E-state index contributed by atoms with van der Waals surface area (Å²) in [7, 11) is 0. The van der Waals surface area contributed by atoms with Gasteiger partial charge < -0.3 is 4.90 Å². The molecule has 0 aromatic carbocycles. The number of carbonyl (C=O) groups excluding carboxylic acids is 1. The van der Waals surface area contributed by atoms with Crippen molar-refractivity contribution in [1.29, 1.82) is 0 Å². The lowest BCUT2D eigenvalue weighted by Gasteiger charge is -2.40. The third kappa shape index (κ3) is 1.79. The maximum absolute atomic E-state index is 12.4. The van der Waals surface area contributed by atoms with E-state index in [1.807, 2.05) is 0 Å². The predicted octanol–water partition coefficient (Wildman–Crippen LogP) is 2.27. The molecule has 1 spiro atoms. The van der Waals surface area contributed by atoms with E-state index in [0.29, 0.717) is 17.4 Å². The van der Waals surface area contributed by atoms with Gasteiger partial charge in [0.1, 0.15) is 0 Å². The van der Waals surface area contributed by atoms with E-state index < -0.39 is 0 Å². The van der Waals surface area contributed by atoms with Crippen molar-refractivity contribution in [1.82, 2.24) is 10.2 Å². The summed E-state index contributed by atoms with van der Waals surface area (Å²) in [5.41, 5.74) is 0.347. The van der Waals surface area contributed by atoms with Crippen LogP contribution < -0.4 is 5.32 Å². The van der Waals surface area contributed by atoms with E-state index in [-0.39, 0.29) is 11.7 Å². The van der Waals surface area contributed by atoms with Gasteiger partial charge in [0.05, 0.1) is 11.7 Å². The average Bonchev–Trinajstić information content (AvgIpc) is 2.96. The van der Waals surface area contributed by atoms with Crippen molar-refractivity contribution >= 4 is 5.91 Å². The second kappa shape index (κ2) is 3.47. The molecule has 1 unspecified atom stereocenters. The van der Waals surface area contributed by atoms with Gasteiger partial charge in [-0.2, -0.15) is 0 Å². The Labute approximate surface area is 104 Å².